The Morgan fingerprint density at radius 1 is 0.949 bits per heavy atom. The number of carbonyl (C=O) groups is 3. The Kier molecular flexibility index (Phi) is 6.91. The Labute approximate surface area is 231 Å². The van der Waals surface area contributed by atoms with Gasteiger partial charge in [-0.3, -0.25) is 14.5 Å². The molecule has 3 heterocycles. The van der Waals surface area contributed by atoms with E-state index in [2.05, 4.69) is 75.2 Å². The minimum atomic E-state index is -0.536. The van der Waals surface area contributed by atoms with Crippen LogP contribution in [-0.2, 0) is 15.0 Å². The number of carbonyl (C=O) groups excluding carboxylic acids is 3. The number of piperazine rings is 1. The van der Waals surface area contributed by atoms with Crippen LogP contribution in [0.15, 0.2) is 53.7 Å². The van der Waals surface area contributed by atoms with Crippen molar-refractivity contribution < 1.29 is 14.4 Å². The van der Waals surface area contributed by atoms with Crippen molar-refractivity contribution in [2.75, 3.05) is 51.2 Å². The van der Waals surface area contributed by atoms with Gasteiger partial charge in [0, 0.05) is 38.9 Å². The Balaban J connectivity index is 1.27. The van der Waals surface area contributed by atoms with Crippen molar-refractivity contribution in [2.24, 2.45) is 0 Å². The number of aryl methyl sites for hydroxylation is 2. The summed E-state index contributed by atoms with van der Waals surface area (Å²) in [6.45, 7) is 13.7. The number of para-hydroxylation sites is 1. The van der Waals surface area contributed by atoms with Gasteiger partial charge >= 0.3 is 6.03 Å². The maximum Gasteiger partial charge on any atom is 0.322 e. The highest BCUT2D eigenvalue weighted by molar-refractivity contribution is 6.03. The van der Waals surface area contributed by atoms with Gasteiger partial charge in [-0.05, 0) is 41.5 Å². The number of rotatable bonds is 4. The van der Waals surface area contributed by atoms with E-state index in [0.29, 0.717) is 24.4 Å². The van der Waals surface area contributed by atoms with Crippen LogP contribution in [0.5, 0.6) is 0 Å². The van der Waals surface area contributed by atoms with Crippen LogP contribution in [0.1, 0.15) is 49.1 Å². The second kappa shape index (κ2) is 10.1. The van der Waals surface area contributed by atoms with Crippen molar-refractivity contribution in [1.82, 2.24) is 20.0 Å². The highest BCUT2D eigenvalue weighted by atomic mass is 16.2. The van der Waals surface area contributed by atoms with E-state index in [1.54, 1.807) is 11.9 Å². The fourth-order valence-electron chi connectivity index (χ4n) is 5.92. The standard InChI is InChI=1S/C31H39N5O3/c1-20-8-7-9-21(2)28(20)35-16-14-34(15-17-35)25(37)19-36-18-24-26(29(36)38)27(32-30(39)33(24)6)22-10-12-23(13-11-22)31(3,4)5/h7-13,27H,14-19H2,1-6H3,(H,32,39). The van der Waals surface area contributed by atoms with E-state index in [1.807, 2.05) is 17.0 Å². The Hall–Kier alpha value is -3.81. The first-order chi connectivity index (χ1) is 18.5. The van der Waals surface area contributed by atoms with Crippen molar-refractivity contribution in [3.63, 3.8) is 0 Å². The van der Waals surface area contributed by atoms with E-state index in [1.165, 1.54) is 27.3 Å². The van der Waals surface area contributed by atoms with Crippen LogP contribution >= 0.6 is 0 Å². The second-order valence-electron chi connectivity index (χ2n) is 11.9. The van der Waals surface area contributed by atoms with Gasteiger partial charge in [-0.2, -0.15) is 0 Å². The first kappa shape index (κ1) is 26.8. The summed E-state index contributed by atoms with van der Waals surface area (Å²) in [6.07, 6.45) is 0. The summed E-state index contributed by atoms with van der Waals surface area (Å²) < 4.78 is 0. The van der Waals surface area contributed by atoms with Crippen molar-refractivity contribution in [2.45, 2.75) is 46.1 Å². The molecule has 8 nitrogen and oxygen atoms in total. The molecule has 5 rings (SSSR count). The minimum Gasteiger partial charge on any atom is -0.368 e. The summed E-state index contributed by atoms with van der Waals surface area (Å²) in [5.41, 5.74) is 6.99. The molecule has 8 heteroatoms. The molecule has 3 aliphatic rings. The predicted octanol–water partition coefficient (Wildman–Crippen LogP) is 3.74. The van der Waals surface area contributed by atoms with E-state index in [0.717, 1.165) is 18.7 Å². The summed E-state index contributed by atoms with van der Waals surface area (Å²) >= 11 is 0. The minimum absolute atomic E-state index is 0.00354. The first-order valence-corrected chi connectivity index (χ1v) is 13.7. The summed E-state index contributed by atoms with van der Waals surface area (Å²) in [5, 5.41) is 2.99. The SMILES string of the molecule is Cc1cccc(C)c1N1CCN(C(=O)CN2CC3=C(C2=O)C(c2ccc(C(C)(C)C)cc2)NC(=O)N3C)CC1. The van der Waals surface area contributed by atoms with Gasteiger partial charge in [-0.25, -0.2) is 4.79 Å². The number of urea groups is 1. The zero-order chi connectivity index (χ0) is 28.1. The third-order valence-corrected chi connectivity index (χ3v) is 8.26. The molecule has 3 aliphatic heterocycles. The molecule has 0 aromatic heterocycles. The van der Waals surface area contributed by atoms with Gasteiger partial charge in [0.15, 0.2) is 0 Å². The molecule has 1 fully saturated rings. The van der Waals surface area contributed by atoms with Crippen LogP contribution in [0.2, 0.25) is 0 Å². The maximum absolute atomic E-state index is 13.6. The van der Waals surface area contributed by atoms with Crippen molar-refractivity contribution in [3.8, 4) is 0 Å². The number of amides is 4. The molecule has 0 saturated carbocycles. The Bertz CT molecular complexity index is 1310. The van der Waals surface area contributed by atoms with Gasteiger partial charge in [0.2, 0.25) is 5.91 Å². The molecule has 1 N–H and O–H groups in total. The van der Waals surface area contributed by atoms with Crippen LogP contribution in [0.25, 0.3) is 0 Å². The van der Waals surface area contributed by atoms with E-state index in [-0.39, 0.29) is 36.3 Å². The average Bonchev–Trinajstić information content (AvgIpc) is 3.22. The summed E-state index contributed by atoms with van der Waals surface area (Å²) in [5.74, 6) is -0.248. The number of nitrogens with one attached hydrogen (secondary N) is 1. The second-order valence-corrected chi connectivity index (χ2v) is 11.9. The summed E-state index contributed by atoms with van der Waals surface area (Å²) in [4.78, 5) is 47.0. The average molecular weight is 530 g/mol. The quantitative estimate of drug-likeness (QED) is 0.655. The highest BCUT2D eigenvalue weighted by Crippen LogP contribution is 2.36. The molecular weight excluding hydrogens is 490 g/mol. The number of hydrogen-bond donors (Lipinski definition) is 1. The molecule has 2 aromatic carbocycles. The highest BCUT2D eigenvalue weighted by Gasteiger charge is 2.43. The fourth-order valence-corrected chi connectivity index (χ4v) is 5.92. The molecule has 1 atom stereocenters. The molecule has 2 aromatic rings. The van der Waals surface area contributed by atoms with E-state index < -0.39 is 6.04 Å². The number of hydrogen-bond acceptors (Lipinski definition) is 4. The van der Waals surface area contributed by atoms with Gasteiger partial charge in [-0.15, -0.1) is 0 Å². The lowest BCUT2D eigenvalue weighted by Gasteiger charge is -2.38. The van der Waals surface area contributed by atoms with E-state index in [4.69, 9.17) is 0 Å². The van der Waals surface area contributed by atoms with Gasteiger partial charge < -0.3 is 20.0 Å². The number of likely N-dealkylation sites (N-methyl/N-ethyl adjacent to an activating group) is 1. The van der Waals surface area contributed by atoms with Crippen LogP contribution < -0.4 is 10.2 Å². The lowest BCUT2D eigenvalue weighted by molar-refractivity contribution is -0.137. The molecule has 0 spiro atoms. The fraction of sp³-hybridized carbons (Fsp3) is 0.452. The largest absolute Gasteiger partial charge is 0.368 e. The molecule has 4 amide bonds. The molecule has 1 unspecified atom stereocenters. The van der Waals surface area contributed by atoms with E-state index in [9.17, 15) is 14.4 Å². The lowest BCUT2D eigenvalue weighted by Crippen LogP contribution is -2.52. The van der Waals surface area contributed by atoms with Crippen molar-refractivity contribution >= 4 is 23.5 Å². The van der Waals surface area contributed by atoms with Crippen LogP contribution in [-0.4, -0.2) is 78.9 Å². The van der Waals surface area contributed by atoms with Gasteiger partial charge in [0.1, 0.15) is 6.54 Å². The van der Waals surface area contributed by atoms with Crippen LogP contribution in [0, 0.1) is 13.8 Å². The zero-order valence-electron chi connectivity index (χ0n) is 23.9. The van der Waals surface area contributed by atoms with Gasteiger partial charge in [0.05, 0.1) is 23.9 Å². The monoisotopic (exact) mass is 529 g/mol. The normalized spacial score (nSPS) is 20.0. The molecule has 39 heavy (non-hydrogen) atoms. The molecule has 206 valence electrons. The molecular formula is C31H39N5O3. The molecule has 0 bridgehead atoms. The summed E-state index contributed by atoms with van der Waals surface area (Å²) in [7, 11) is 1.68. The lowest BCUT2D eigenvalue weighted by atomic mass is 9.85. The van der Waals surface area contributed by atoms with Gasteiger partial charge in [0.25, 0.3) is 5.91 Å². The molecule has 0 radical (unpaired) electrons. The summed E-state index contributed by atoms with van der Waals surface area (Å²) in [6, 6.07) is 13.6. The van der Waals surface area contributed by atoms with Crippen LogP contribution in [0.4, 0.5) is 10.5 Å². The third-order valence-electron chi connectivity index (χ3n) is 8.26. The number of nitrogens with zero attached hydrogens (tertiary/aromatic N) is 4. The van der Waals surface area contributed by atoms with Crippen molar-refractivity contribution in [3.05, 3.63) is 76.0 Å². The maximum atomic E-state index is 13.6. The Morgan fingerprint density at radius 3 is 2.15 bits per heavy atom. The topological polar surface area (TPSA) is 76.2 Å². The van der Waals surface area contributed by atoms with Gasteiger partial charge in [-0.1, -0.05) is 63.2 Å². The van der Waals surface area contributed by atoms with E-state index >= 15 is 0 Å². The number of benzene rings is 2. The smallest absolute Gasteiger partial charge is 0.322 e. The van der Waals surface area contributed by atoms with Crippen molar-refractivity contribution in [1.29, 1.82) is 0 Å². The zero-order valence-corrected chi connectivity index (χ0v) is 23.9. The Morgan fingerprint density at radius 2 is 1.56 bits per heavy atom. The first-order valence-electron chi connectivity index (χ1n) is 13.7. The predicted molar refractivity (Wildman–Crippen MR) is 152 cm³/mol. The molecule has 0 aliphatic carbocycles. The third kappa shape index (κ3) is 5.00. The molecule has 1 saturated heterocycles. The number of anilines is 1. The van der Waals surface area contributed by atoms with Crippen LogP contribution in [0.3, 0.4) is 0 Å².